The Kier molecular flexibility index (Phi) is 6.97. The van der Waals surface area contributed by atoms with Crippen LogP contribution < -0.4 is 15.0 Å². The third-order valence-electron chi connectivity index (χ3n) is 6.10. The Morgan fingerprint density at radius 3 is 2.50 bits per heavy atom. The molecule has 1 amide bonds. The number of rotatable bonds is 7. The van der Waals surface area contributed by atoms with E-state index in [1.54, 1.807) is 37.4 Å². The number of aryl methyl sites for hydroxylation is 1. The van der Waals surface area contributed by atoms with Crippen LogP contribution in [0.4, 0.5) is 0 Å². The summed E-state index contributed by atoms with van der Waals surface area (Å²) in [6.07, 6.45) is 0. The van der Waals surface area contributed by atoms with Crippen molar-refractivity contribution in [2.75, 3.05) is 39.9 Å². The van der Waals surface area contributed by atoms with Crippen LogP contribution in [0.5, 0.6) is 11.5 Å². The molecule has 3 heterocycles. The number of piperazine rings is 1. The van der Waals surface area contributed by atoms with Crippen molar-refractivity contribution in [3.05, 3.63) is 76.2 Å². The quantitative estimate of drug-likeness (QED) is 0.382. The molecule has 5 rings (SSSR count). The molecule has 1 saturated heterocycles. The third kappa shape index (κ3) is 5.39. The van der Waals surface area contributed by atoms with E-state index in [1.165, 1.54) is 15.9 Å². The molecule has 4 aromatic rings. The molecule has 2 aromatic carbocycles. The molecule has 1 aliphatic heterocycles. The minimum absolute atomic E-state index is 0.00400. The summed E-state index contributed by atoms with van der Waals surface area (Å²) in [5.41, 5.74) is 2.64. The lowest BCUT2D eigenvalue weighted by Gasteiger charge is -2.34. The van der Waals surface area contributed by atoms with Gasteiger partial charge in [-0.25, -0.2) is 4.98 Å². The fraction of sp³-hybridized carbons (Fsp3) is 0.308. The van der Waals surface area contributed by atoms with Crippen molar-refractivity contribution in [1.82, 2.24) is 24.4 Å². The standard InChI is InChI=1S/C26H27N5O4S/c1-18-4-3-5-19(14-18)25-28-31-23(32)15-20(27-26(31)36-25)16-29-10-12-30(13-11-29)24(33)17-35-22-8-6-21(34-2)7-9-22/h3-9,14-15H,10-13,16-17H2,1-2H3. The first-order valence-electron chi connectivity index (χ1n) is 11.7. The fourth-order valence-electron chi connectivity index (χ4n) is 4.12. The van der Waals surface area contributed by atoms with Crippen molar-refractivity contribution in [3.63, 3.8) is 0 Å². The lowest BCUT2D eigenvalue weighted by atomic mass is 10.1. The SMILES string of the molecule is COc1ccc(OCC(=O)N2CCN(Cc3cc(=O)n4nc(-c5cccc(C)c5)sc4n3)CC2)cc1. The Balaban J connectivity index is 1.17. The molecule has 2 aromatic heterocycles. The number of fused-ring (bicyclic) bond motifs is 1. The highest BCUT2D eigenvalue weighted by Gasteiger charge is 2.22. The van der Waals surface area contributed by atoms with Crippen LogP contribution in [-0.4, -0.2) is 70.2 Å². The molecule has 0 N–H and O–H groups in total. The number of nitrogens with zero attached hydrogens (tertiary/aromatic N) is 5. The van der Waals surface area contributed by atoms with Gasteiger partial charge in [0.25, 0.3) is 11.5 Å². The van der Waals surface area contributed by atoms with Crippen LogP contribution in [0.3, 0.4) is 0 Å². The molecule has 0 aliphatic carbocycles. The average molecular weight is 506 g/mol. The van der Waals surface area contributed by atoms with Crippen molar-refractivity contribution >= 4 is 22.2 Å². The number of hydrogen-bond acceptors (Lipinski definition) is 8. The van der Waals surface area contributed by atoms with Crippen molar-refractivity contribution in [1.29, 1.82) is 0 Å². The molecule has 0 spiro atoms. The van der Waals surface area contributed by atoms with Crippen molar-refractivity contribution in [2.45, 2.75) is 13.5 Å². The van der Waals surface area contributed by atoms with E-state index in [1.807, 2.05) is 36.1 Å². The number of carbonyl (C=O) groups is 1. The monoisotopic (exact) mass is 505 g/mol. The van der Waals surface area contributed by atoms with Crippen LogP contribution in [0.15, 0.2) is 59.4 Å². The van der Waals surface area contributed by atoms with Gasteiger partial charge in [0.05, 0.1) is 12.8 Å². The molecular formula is C26H27N5O4S. The smallest absolute Gasteiger partial charge is 0.275 e. The maximum absolute atomic E-state index is 12.7. The molecule has 1 fully saturated rings. The topological polar surface area (TPSA) is 89.3 Å². The summed E-state index contributed by atoms with van der Waals surface area (Å²) in [5.74, 6) is 1.32. The summed E-state index contributed by atoms with van der Waals surface area (Å²) in [6.45, 7) is 5.18. The van der Waals surface area contributed by atoms with E-state index in [-0.39, 0.29) is 18.1 Å². The van der Waals surface area contributed by atoms with Gasteiger partial charge < -0.3 is 14.4 Å². The van der Waals surface area contributed by atoms with E-state index in [0.717, 1.165) is 21.9 Å². The predicted molar refractivity (Wildman–Crippen MR) is 138 cm³/mol. The molecular weight excluding hydrogens is 478 g/mol. The normalized spacial score (nSPS) is 14.2. The summed E-state index contributed by atoms with van der Waals surface area (Å²) >= 11 is 1.41. The van der Waals surface area contributed by atoms with Crippen LogP contribution in [0.1, 0.15) is 11.3 Å². The first-order chi connectivity index (χ1) is 17.5. The highest BCUT2D eigenvalue weighted by atomic mass is 32.1. The Morgan fingerprint density at radius 2 is 1.78 bits per heavy atom. The van der Waals surface area contributed by atoms with Crippen LogP contribution in [-0.2, 0) is 11.3 Å². The van der Waals surface area contributed by atoms with Gasteiger partial charge in [-0.3, -0.25) is 14.5 Å². The fourth-order valence-corrected chi connectivity index (χ4v) is 5.05. The van der Waals surface area contributed by atoms with E-state index >= 15 is 0 Å². The molecule has 10 heteroatoms. The number of carbonyl (C=O) groups excluding carboxylic acids is 1. The Bertz CT molecular complexity index is 1420. The van der Waals surface area contributed by atoms with Gasteiger partial charge in [0.2, 0.25) is 4.96 Å². The Morgan fingerprint density at radius 1 is 1.03 bits per heavy atom. The lowest BCUT2D eigenvalue weighted by molar-refractivity contribution is -0.135. The number of ether oxygens (including phenoxy) is 2. The zero-order valence-corrected chi connectivity index (χ0v) is 21.0. The van der Waals surface area contributed by atoms with E-state index in [4.69, 9.17) is 14.5 Å². The second-order valence-corrected chi connectivity index (χ2v) is 9.63. The zero-order valence-electron chi connectivity index (χ0n) is 20.2. The van der Waals surface area contributed by atoms with Gasteiger partial charge >= 0.3 is 0 Å². The van der Waals surface area contributed by atoms with E-state index in [9.17, 15) is 9.59 Å². The van der Waals surface area contributed by atoms with Crippen molar-refractivity contribution in [2.24, 2.45) is 0 Å². The number of amides is 1. The summed E-state index contributed by atoms with van der Waals surface area (Å²) in [6, 6.07) is 16.7. The van der Waals surface area contributed by atoms with E-state index in [0.29, 0.717) is 49.1 Å². The minimum Gasteiger partial charge on any atom is -0.497 e. The maximum Gasteiger partial charge on any atom is 0.275 e. The summed E-state index contributed by atoms with van der Waals surface area (Å²) in [7, 11) is 1.61. The van der Waals surface area contributed by atoms with E-state index in [2.05, 4.69) is 10.00 Å². The number of benzene rings is 2. The Labute approximate surface area is 212 Å². The number of methoxy groups -OCH3 is 1. The molecule has 0 atom stereocenters. The second-order valence-electron chi connectivity index (χ2n) is 8.68. The van der Waals surface area contributed by atoms with Crippen molar-refractivity contribution < 1.29 is 14.3 Å². The number of hydrogen-bond donors (Lipinski definition) is 0. The van der Waals surface area contributed by atoms with Gasteiger partial charge in [-0.1, -0.05) is 35.1 Å². The van der Waals surface area contributed by atoms with Gasteiger partial charge in [0.15, 0.2) is 6.61 Å². The van der Waals surface area contributed by atoms with Gasteiger partial charge in [-0.2, -0.15) is 9.61 Å². The summed E-state index contributed by atoms with van der Waals surface area (Å²) < 4.78 is 12.1. The molecule has 36 heavy (non-hydrogen) atoms. The first-order valence-corrected chi connectivity index (χ1v) is 12.5. The number of aromatic nitrogens is 3. The molecule has 186 valence electrons. The van der Waals surface area contributed by atoms with Gasteiger partial charge in [-0.15, -0.1) is 0 Å². The van der Waals surface area contributed by atoms with Crippen LogP contribution in [0, 0.1) is 6.92 Å². The van der Waals surface area contributed by atoms with Crippen LogP contribution >= 0.6 is 11.3 Å². The van der Waals surface area contributed by atoms with Gasteiger partial charge in [-0.05, 0) is 37.3 Å². The molecule has 0 saturated carbocycles. The third-order valence-corrected chi connectivity index (χ3v) is 7.05. The Hall–Kier alpha value is -3.76. The lowest BCUT2D eigenvalue weighted by Crippen LogP contribution is -2.49. The highest BCUT2D eigenvalue weighted by molar-refractivity contribution is 7.19. The first kappa shape index (κ1) is 24.0. The van der Waals surface area contributed by atoms with Gasteiger partial charge in [0, 0.05) is 44.4 Å². The van der Waals surface area contributed by atoms with Gasteiger partial charge in [0.1, 0.15) is 16.5 Å². The molecule has 9 nitrogen and oxygen atoms in total. The minimum atomic E-state index is -0.186. The highest BCUT2D eigenvalue weighted by Crippen LogP contribution is 2.25. The van der Waals surface area contributed by atoms with E-state index < -0.39 is 0 Å². The average Bonchev–Trinajstić information content (AvgIpc) is 3.33. The summed E-state index contributed by atoms with van der Waals surface area (Å²) in [5, 5.41) is 5.24. The molecule has 0 radical (unpaired) electrons. The predicted octanol–water partition coefficient (Wildman–Crippen LogP) is 2.86. The van der Waals surface area contributed by atoms with Crippen molar-refractivity contribution in [3.8, 4) is 22.1 Å². The summed E-state index contributed by atoms with van der Waals surface area (Å²) in [4.78, 5) is 34.6. The maximum atomic E-state index is 12.7. The molecule has 0 unspecified atom stereocenters. The van der Waals surface area contributed by atoms with Crippen LogP contribution in [0.25, 0.3) is 15.5 Å². The second kappa shape index (κ2) is 10.5. The van der Waals surface area contributed by atoms with Crippen LogP contribution in [0.2, 0.25) is 0 Å². The zero-order chi connectivity index (χ0) is 25.1. The molecule has 1 aliphatic rings. The molecule has 0 bridgehead atoms. The largest absolute Gasteiger partial charge is 0.497 e.